The normalized spacial score (nSPS) is 13.1. The number of aromatic nitrogens is 1. The van der Waals surface area contributed by atoms with Crippen LogP contribution in [0, 0.1) is 6.92 Å². The molecule has 104 valence electrons. The predicted octanol–water partition coefficient (Wildman–Crippen LogP) is 3.20. The van der Waals surface area contributed by atoms with Gasteiger partial charge in [-0.05, 0) is 43.9 Å². The Kier molecular flexibility index (Phi) is 3.44. The van der Waals surface area contributed by atoms with Gasteiger partial charge in [0.1, 0.15) is 5.75 Å². The number of rotatable bonds is 3. The van der Waals surface area contributed by atoms with Gasteiger partial charge in [-0.15, -0.1) is 11.3 Å². The Balaban J connectivity index is 1.78. The molecule has 0 radical (unpaired) electrons. The molecule has 0 bridgehead atoms. The van der Waals surface area contributed by atoms with Crippen molar-refractivity contribution >= 4 is 22.4 Å². The highest BCUT2D eigenvalue weighted by atomic mass is 32.1. The molecular formula is C15H16N2O2S. The summed E-state index contributed by atoms with van der Waals surface area (Å²) in [4.78, 5) is 18.0. The Morgan fingerprint density at radius 3 is 3.00 bits per heavy atom. The van der Waals surface area contributed by atoms with Crippen LogP contribution < -0.4 is 10.1 Å². The highest BCUT2D eigenvalue weighted by Crippen LogP contribution is 2.30. The van der Waals surface area contributed by atoms with E-state index in [0.717, 1.165) is 29.8 Å². The zero-order valence-corrected chi connectivity index (χ0v) is 12.3. The largest absolute Gasteiger partial charge is 0.496 e. The maximum Gasteiger partial charge on any atom is 0.257 e. The van der Waals surface area contributed by atoms with E-state index in [9.17, 15) is 4.79 Å². The Morgan fingerprint density at radius 1 is 1.40 bits per heavy atom. The maximum atomic E-state index is 12.2. The van der Waals surface area contributed by atoms with E-state index < -0.39 is 0 Å². The van der Waals surface area contributed by atoms with Crippen LogP contribution >= 0.6 is 11.3 Å². The van der Waals surface area contributed by atoms with Crippen molar-refractivity contribution in [2.45, 2.75) is 26.2 Å². The highest BCUT2D eigenvalue weighted by Gasteiger charge is 2.18. The summed E-state index contributed by atoms with van der Waals surface area (Å²) in [6.45, 7) is 1.95. The van der Waals surface area contributed by atoms with Gasteiger partial charge in [0.15, 0.2) is 5.13 Å². The average Bonchev–Trinajstić information content (AvgIpc) is 3.00. The van der Waals surface area contributed by atoms with Crippen molar-refractivity contribution in [3.8, 4) is 5.75 Å². The molecule has 4 nitrogen and oxygen atoms in total. The van der Waals surface area contributed by atoms with Gasteiger partial charge in [-0.3, -0.25) is 10.1 Å². The van der Waals surface area contributed by atoms with Crippen LogP contribution in [0.5, 0.6) is 5.75 Å². The number of anilines is 1. The monoisotopic (exact) mass is 288 g/mol. The Labute approximate surface area is 121 Å². The van der Waals surface area contributed by atoms with E-state index in [0.29, 0.717) is 10.7 Å². The maximum absolute atomic E-state index is 12.2. The predicted molar refractivity (Wildman–Crippen MR) is 79.8 cm³/mol. The number of thiazole rings is 1. The fraction of sp³-hybridized carbons (Fsp3) is 0.333. The number of nitrogens with zero attached hydrogens (tertiary/aromatic N) is 1. The number of hydrogen-bond donors (Lipinski definition) is 1. The number of methoxy groups -OCH3 is 1. The lowest BCUT2D eigenvalue weighted by Crippen LogP contribution is -2.12. The number of hydrogen-bond acceptors (Lipinski definition) is 4. The quantitative estimate of drug-likeness (QED) is 0.943. The Bertz CT molecular complexity index is 642. The van der Waals surface area contributed by atoms with E-state index in [4.69, 9.17) is 4.74 Å². The first-order valence-electron chi connectivity index (χ1n) is 6.62. The van der Waals surface area contributed by atoms with Crippen LogP contribution in [0.15, 0.2) is 18.2 Å². The number of aryl methyl sites for hydroxylation is 3. The molecule has 0 fully saturated rings. The molecule has 1 amide bonds. The minimum atomic E-state index is -0.143. The molecule has 0 spiro atoms. The number of carbonyl (C=O) groups is 1. The van der Waals surface area contributed by atoms with Crippen molar-refractivity contribution < 1.29 is 9.53 Å². The molecule has 2 aromatic rings. The summed E-state index contributed by atoms with van der Waals surface area (Å²) in [6.07, 6.45) is 3.29. The number of carbonyl (C=O) groups excluding carboxylic acids is 1. The second-order valence-corrected chi connectivity index (χ2v) is 5.96. The number of benzene rings is 1. The van der Waals surface area contributed by atoms with Gasteiger partial charge >= 0.3 is 0 Å². The van der Waals surface area contributed by atoms with Crippen molar-refractivity contribution in [1.82, 2.24) is 4.98 Å². The van der Waals surface area contributed by atoms with Crippen LogP contribution in [-0.4, -0.2) is 18.0 Å². The van der Waals surface area contributed by atoms with E-state index in [-0.39, 0.29) is 5.91 Å². The lowest BCUT2D eigenvalue weighted by molar-refractivity contribution is 0.102. The van der Waals surface area contributed by atoms with Gasteiger partial charge in [0.2, 0.25) is 0 Å². The first kappa shape index (κ1) is 13.1. The van der Waals surface area contributed by atoms with E-state index in [1.807, 2.05) is 13.0 Å². The number of amides is 1. The molecule has 1 aromatic heterocycles. The SMILES string of the molecule is COc1cc(C(=O)Nc2nc3c(s2)CCC3)ccc1C. The standard InChI is InChI=1S/C15H16N2O2S/c1-9-6-7-10(8-12(9)19-2)14(18)17-15-16-11-4-3-5-13(11)20-15/h6-8H,3-5H2,1-2H3,(H,16,17,18). The van der Waals surface area contributed by atoms with Gasteiger partial charge in [0.05, 0.1) is 12.8 Å². The fourth-order valence-corrected chi connectivity index (χ4v) is 3.42. The summed E-state index contributed by atoms with van der Waals surface area (Å²) in [5.74, 6) is 0.579. The molecule has 1 aliphatic rings. The summed E-state index contributed by atoms with van der Waals surface area (Å²) in [5.41, 5.74) is 2.74. The lowest BCUT2D eigenvalue weighted by Gasteiger charge is -2.07. The van der Waals surface area contributed by atoms with Crippen LogP contribution in [0.25, 0.3) is 0 Å². The molecule has 0 unspecified atom stereocenters. The van der Waals surface area contributed by atoms with Gasteiger partial charge < -0.3 is 4.74 Å². The third-order valence-corrected chi connectivity index (χ3v) is 4.56. The smallest absolute Gasteiger partial charge is 0.257 e. The van der Waals surface area contributed by atoms with Gasteiger partial charge in [-0.2, -0.15) is 0 Å². The van der Waals surface area contributed by atoms with Crippen molar-refractivity contribution in [3.63, 3.8) is 0 Å². The number of ether oxygens (including phenoxy) is 1. The van der Waals surface area contributed by atoms with Crippen molar-refractivity contribution in [3.05, 3.63) is 39.9 Å². The van der Waals surface area contributed by atoms with Crippen molar-refractivity contribution in [1.29, 1.82) is 0 Å². The zero-order chi connectivity index (χ0) is 14.1. The Morgan fingerprint density at radius 2 is 2.25 bits per heavy atom. The average molecular weight is 288 g/mol. The summed E-state index contributed by atoms with van der Waals surface area (Å²) < 4.78 is 5.24. The summed E-state index contributed by atoms with van der Waals surface area (Å²) in [6, 6.07) is 5.44. The van der Waals surface area contributed by atoms with Crippen LogP contribution in [-0.2, 0) is 12.8 Å². The Hall–Kier alpha value is -1.88. The molecule has 3 rings (SSSR count). The third-order valence-electron chi connectivity index (χ3n) is 3.49. The second-order valence-electron chi connectivity index (χ2n) is 4.88. The number of fused-ring (bicyclic) bond motifs is 1. The molecule has 0 aliphatic heterocycles. The molecule has 1 heterocycles. The van der Waals surface area contributed by atoms with Gasteiger partial charge in [0.25, 0.3) is 5.91 Å². The summed E-state index contributed by atoms with van der Waals surface area (Å²) >= 11 is 1.58. The zero-order valence-electron chi connectivity index (χ0n) is 11.5. The van der Waals surface area contributed by atoms with Crippen LogP contribution in [0.4, 0.5) is 5.13 Å². The molecule has 20 heavy (non-hydrogen) atoms. The second kappa shape index (κ2) is 5.25. The highest BCUT2D eigenvalue weighted by molar-refractivity contribution is 7.15. The van der Waals surface area contributed by atoms with E-state index in [1.165, 1.54) is 11.3 Å². The molecule has 5 heteroatoms. The molecular weight excluding hydrogens is 272 g/mol. The molecule has 1 aromatic carbocycles. The van der Waals surface area contributed by atoms with Gasteiger partial charge in [0, 0.05) is 10.4 Å². The number of nitrogens with one attached hydrogen (secondary N) is 1. The minimum absolute atomic E-state index is 0.143. The minimum Gasteiger partial charge on any atom is -0.496 e. The summed E-state index contributed by atoms with van der Waals surface area (Å²) in [7, 11) is 1.61. The molecule has 0 saturated heterocycles. The fourth-order valence-electron chi connectivity index (χ4n) is 2.37. The van der Waals surface area contributed by atoms with E-state index in [1.54, 1.807) is 30.6 Å². The van der Waals surface area contributed by atoms with Gasteiger partial charge in [-0.25, -0.2) is 4.98 Å². The first-order valence-corrected chi connectivity index (χ1v) is 7.43. The third kappa shape index (κ3) is 2.41. The van der Waals surface area contributed by atoms with Gasteiger partial charge in [-0.1, -0.05) is 6.07 Å². The van der Waals surface area contributed by atoms with Crippen LogP contribution in [0.1, 0.15) is 32.9 Å². The van der Waals surface area contributed by atoms with Crippen molar-refractivity contribution in [2.24, 2.45) is 0 Å². The van der Waals surface area contributed by atoms with E-state index in [2.05, 4.69) is 10.3 Å². The topological polar surface area (TPSA) is 51.2 Å². The lowest BCUT2D eigenvalue weighted by atomic mass is 10.1. The molecule has 1 N–H and O–H groups in total. The van der Waals surface area contributed by atoms with Crippen molar-refractivity contribution in [2.75, 3.05) is 12.4 Å². The summed E-state index contributed by atoms with van der Waals surface area (Å²) in [5, 5.41) is 3.57. The van der Waals surface area contributed by atoms with Crippen LogP contribution in [0.2, 0.25) is 0 Å². The molecule has 0 atom stereocenters. The first-order chi connectivity index (χ1) is 9.67. The molecule has 1 aliphatic carbocycles. The van der Waals surface area contributed by atoms with Crippen LogP contribution in [0.3, 0.4) is 0 Å². The molecule has 0 saturated carbocycles. The van der Waals surface area contributed by atoms with E-state index >= 15 is 0 Å².